The maximum Gasteiger partial charge on any atom is 0.161 e. The molecule has 0 aliphatic carbocycles. The second-order valence-corrected chi connectivity index (χ2v) is 6.74. The molecule has 1 atom stereocenters. The third kappa shape index (κ3) is 4.26. The van der Waals surface area contributed by atoms with E-state index in [1.165, 1.54) is 5.56 Å². The van der Waals surface area contributed by atoms with E-state index in [2.05, 4.69) is 28.5 Å². The van der Waals surface area contributed by atoms with Gasteiger partial charge in [0, 0.05) is 37.0 Å². The predicted octanol–water partition coefficient (Wildman–Crippen LogP) is 4.28. The maximum atomic E-state index is 5.92. The van der Waals surface area contributed by atoms with Crippen molar-refractivity contribution in [3.8, 4) is 17.2 Å². The van der Waals surface area contributed by atoms with Gasteiger partial charge in [0.1, 0.15) is 12.4 Å². The fourth-order valence-corrected chi connectivity index (χ4v) is 3.38. The number of pyridine rings is 1. The minimum atomic E-state index is 0.290. The second-order valence-electron chi connectivity index (χ2n) is 6.74. The lowest BCUT2D eigenvalue weighted by atomic mass is 10.0. The smallest absolute Gasteiger partial charge is 0.161 e. The summed E-state index contributed by atoms with van der Waals surface area (Å²) in [6.45, 7) is 1.97. The van der Waals surface area contributed by atoms with Crippen molar-refractivity contribution >= 4 is 0 Å². The number of benzene rings is 2. The number of hydrogen-bond acceptors (Lipinski definition) is 5. The summed E-state index contributed by atoms with van der Waals surface area (Å²) in [4.78, 5) is 4.02. The summed E-state index contributed by atoms with van der Waals surface area (Å²) in [5, 5.41) is 3.64. The summed E-state index contributed by atoms with van der Waals surface area (Å²) in [5.74, 6) is 2.45. The van der Waals surface area contributed by atoms with Gasteiger partial charge in [-0.1, -0.05) is 24.3 Å². The molecule has 0 bridgehead atoms. The zero-order valence-electron chi connectivity index (χ0n) is 15.9. The van der Waals surface area contributed by atoms with Crippen LogP contribution < -0.4 is 19.5 Å². The van der Waals surface area contributed by atoms with Crippen LogP contribution in [0.3, 0.4) is 0 Å². The van der Waals surface area contributed by atoms with Crippen molar-refractivity contribution in [1.82, 2.24) is 10.3 Å². The van der Waals surface area contributed by atoms with E-state index in [0.29, 0.717) is 12.6 Å². The topological polar surface area (TPSA) is 52.6 Å². The Morgan fingerprint density at radius 3 is 2.75 bits per heavy atom. The van der Waals surface area contributed by atoms with E-state index in [4.69, 9.17) is 14.2 Å². The van der Waals surface area contributed by atoms with Gasteiger partial charge in [-0.3, -0.25) is 4.98 Å². The van der Waals surface area contributed by atoms with Crippen molar-refractivity contribution < 1.29 is 14.2 Å². The molecule has 28 heavy (non-hydrogen) atoms. The Kier molecular flexibility index (Phi) is 5.73. The van der Waals surface area contributed by atoms with E-state index in [0.717, 1.165) is 47.9 Å². The molecule has 3 aromatic rings. The lowest BCUT2D eigenvalue weighted by Gasteiger charge is -2.27. The first-order valence-electron chi connectivity index (χ1n) is 9.47. The molecule has 0 spiro atoms. The van der Waals surface area contributed by atoms with Gasteiger partial charge in [-0.25, -0.2) is 0 Å². The normalized spacial score (nSPS) is 15.4. The molecule has 1 aliphatic rings. The molecule has 2 heterocycles. The number of rotatable bonds is 7. The molecular formula is C23H24N2O3. The Bertz CT molecular complexity index is 915. The van der Waals surface area contributed by atoms with E-state index < -0.39 is 0 Å². The molecule has 1 N–H and O–H groups in total. The van der Waals surface area contributed by atoms with Gasteiger partial charge in [0.25, 0.3) is 0 Å². The quantitative estimate of drug-likeness (QED) is 0.667. The molecule has 5 nitrogen and oxygen atoms in total. The molecular weight excluding hydrogens is 352 g/mol. The van der Waals surface area contributed by atoms with Gasteiger partial charge in [-0.15, -0.1) is 0 Å². The van der Waals surface area contributed by atoms with Crippen molar-refractivity contribution in [2.24, 2.45) is 0 Å². The van der Waals surface area contributed by atoms with Crippen LogP contribution in [0, 0.1) is 0 Å². The van der Waals surface area contributed by atoms with Gasteiger partial charge in [0.15, 0.2) is 11.5 Å². The Balaban J connectivity index is 1.40. The minimum absolute atomic E-state index is 0.290. The van der Waals surface area contributed by atoms with Gasteiger partial charge in [-0.05, 0) is 41.5 Å². The van der Waals surface area contributed by atoms with Crippen LogP contribution in [0.15, 0.2) is 67.0 Å². The number of nitrogens with one attached hydrogen (secondary N) is 1. The molecule has 0 amide bonds. The van der Waals surface area contributed by atoms with Crippen LogP contribution in [0.4, 0.5) is 0 Å². The van der Waals surface area contributed by atoms with Crippen molar-refractivity contribution in [3.05, 3.63) is 83.7 Å². The third-order valence-corrected chi connectivity index (χ3v) is 4.88. The van der Waals surface area contributed by atoms with Crippen LogP contribution in [0.2, 0.25) is 0 Å². The van der Waals surface area contributed by atoms with Gasteiger partial charge < -0.3 is 19.5 Å². The molecule has 1 aromatic heterocycles. The van der Waals surface area contributed by atoms with Crippen molar-refractivity contribution in [1.29, 1.82) is 0 Å². The van der Waals surface area contributed by atoms with Crippen molar-refractivity contribution in [2.75, 3.05) is 13.7 Å². The molecule has 0 fully saturated rings. The summed E-state index contributed by atoms with van der Waals surface area (Å²) >= 11 is 0. The zero-order chi connectivity index (χ0) is 19.2. The Morgan fingerprint density at radius 1 is 1.04 bits per heavy atom. The molecule has 4 rings (SSSR count). The number of methoxy groups -OCH3 is 1. The average Bonchev–Trinajstić information content (AvgIpc) is 2.77. The van der Waals surface area contributed by atoms with E-state index in [1.807, 2.05) is 36.4 Å². The van der Waals surface area contributed by atoms with E-state index in [9.17, 15) is 0 Å². The van der Waals surface area contributed by atoms with E-state index in [1.54, 1.807) is 19.5 Å². The average molecular weight is 376 g/mol. The fraction of sp³-hybridized carbons (Fsp3) is 0.261. The van der Waals surface area contributed by atoms with Gasteiger partial charge in [0.2, 0.25) is 0 Å². The number of hydrogen-bond donors (Lipinski definition) is 1. The zero-order valence-corrected chi connectivity index (χ0v) is 15.9. The fourth-order valence-electron chi connectivity index (χ4n) is 3.38. The largest absolute Gasteiger partial charge is 0.493 e. The maximum absolute atomic E-state index is 5.92. The van der Waals surface area contributed by atoms with Crippen LogP contribution in [0.1, 0.15) is 29.2 Å². The molecule has 0 radical (unpaired) electrons. The van der Waals surface area contributed by atoms with Crippen LogP contribution in [0.25, 0.3) is 0 Å². The Labute approximate surface area is 165 Å². The monoisotopic (exact) mass is 376 g/mol. The number of aromatic nitrogens is 1. The van der Waals surface area contributed by atoms with Gasteiger partial charge in [0.05, 0.1) is 13.7 Å². The van der Waals surface area contributed by atoms with Gasteiger partial charge >= 0.3 is 0 Å². The predicted molar refractivity (Wildman–Crippen MR) is 108 cm³/mol. The van der Waals surface area contributed by atoms with Crippen LogP contribution >= 0.6 is 0 Å². The van der Waals surface area contributed by atoms with Crippen molar-refractivity contribution in [3.63, 3.8) is 0 Å². The molecule has 1 aliphatic heterocycles. The van der Waals surface area contributed by atoms with E-state index >= 15 is 0 Å². The number of nitrogens with zero attached hydrogens (tertiary/aromatic N) is 1. The standard InChI is InChI=1S/C23H24N2O3/c1-26-23-14-18(6-7-22(23)28-16-17-8-11-24-12-9-17)15-25-20-10-13-27-21-5-3-2-4-19(20)21/h2-9,11-12,14,20,25H,10,13,15-16H2,1H3. The summed E-state index contributed by atoms with van der Waals surface area (Å²) in [7, 11) is 1.67. The molecule has 0 saturated carbocycles. The summed E-state index contributed by atoms with van der Waals surface area (Å²) in [6, 6.07) is 18.5. The highest BCUT2D eigenvalue weighted by Crippen LogP contribution is 2.33. The first-order chi connectivity index (χ1) is 13.8. The molecule has 2 aromatic carbocycles. The van der Waals surface area contributed by atoms with Crippen LogP contribution in [0.5, 0.6) is 17.2 Å². The van der Waals surface area contributed by atoms with Crippen molar-refractivity contribution in [2.45, 2.75) is 25.6 Å². The molecule has 5 heteroatoms. The minimum Gasteiger partial charge on any atom is -0.493 e. The number of fused-ring (bicyclic) bond motifs is 1. The SMILES string of the molecule is COc1cc(CNC2CCOc3ccccc32)ccc1OCc1ccncc1. The molecule has 0 saturated heterocycles. The highest BCUT2D eigenvalue weighted by Gasteiger charge is 2.20. The highest BCUT2D eigenvalue weighted by molar-refractivity contribution is 5.43. The number of para-hydroxylation sites is 1. The summed E-state index contributed by atoms with van der Waals surface area (Å²) < 4.78 is 17.2. The molecule has 144 valence electrons. The first kappa shape index (κ1) is 18.3. The molecule has 1 unspecified atom stereocenters. The van der Waals surface area contributed by atoms with E-state index in [-0.39, 0.29) is 0 Å². The number of ether oxygens (including phenoxy) is 3. The third-order valence-electron chi connectivity index (χ3n) is 4.88. The Morgan fingerprint density at radius 2 is 1.89 bits per heavy atom. The van der Waals surface area contributed by atoms with Crippen LogP contribution in [-0.4, -0.2) is 18.7 Å². The lowest BCUT2D eigenvalue weighted by molar-refractivity contribution is 0.252. The summed E-state index contributed by atoms with van der Waals surface area (Å²) in [5.41, 5.74) is 3.44. The summed E-state index contributed by atoms with van der Waals surface area (Å²) in [6.07, 6.45) is 4.49. The first-order valence-corrected chi connectivity index (χ1v) is 9.47. The van der Waals surface area contributed by atoms with Crippen LogP contribution in [-0.2, 0) is 13.2 Å². The Hall–Kier alpha value is -3.05. The van der Waals surface area contributed by atoms with Gasteiger partial charge in [-0.2, -0.15) is 0 Å². The second kappa shape index (κ2) is 8.76. The highest BCUT2D eigenvalue weighted by atomic mass is 16.5. The lowest BCUT2D eigenvalue weighted by Crippen LogP contribution is -2.26.